The number of rotatable bonds is 3. The first kappa shape index (κ1) is 12.4. The quantitative estimate of drug-likeness (QED) is 0.656. The van der Waals surface area contributed by atoms with E-state index in [9.17, 15) is 9.70 Å². The van der Waals surface area contributed by atoms with Gasteiger partial charge in [0.1, 0.15) is 12.0 Å². The summed E-state index contributed by atoms with van der Waals surface area (Å²) in [6, 6.07) is 5.07. The van der Waals surface area contributed by atoms with E-state index in [4.69, 9.17) is 0 Å². The molecule has 2 atom stereocenters. The monoisotopic (exact) mass is 245 g/mol. The van der Waals surface area contributed by atoms with Gasteiger partial charge in [-0.15, -0.1) is 0 Å². The van der Waals surface area contributed by atoms with Gasteiger partial charge in [-0.05, 0) is 31.0 Å². The molecule has 0 bridgehead atoms. The Morgan fingerprint density at radius 3 is 2.78 bits per heavy atom. The molecule has 0 aromatic heterocycles. The lowest BCUT2D eigenvalue weighted by Crippen LogP contribution is -2.18. The average molecular weight is 245 g/mol. The Morgan fingerprint density at radius 2 is 2.17 bits per heavy atom. The van der Waals surface area contributed by atoms with Crippen molar-refractivity contribution in [2.24, 2.45) is 10.2 Å². The van der Waals surface area contributed by atoms with E-state index in [0.29, 0.717) is 0 Å². The topological polar surface area (TPSA) is 70.9 Å². The molecule has 18 heavy (non-hydrogen) atoms. The highest BCUT2D eigenvalue weighted by Gasteiger charge is 2.32. The molecule has 1 aromatic rings. The molecule has 5 nitrogen and oxygen atoms in total. The third-order valence-corrected chi connectivity index (χ3v) is 3.32. The molecule has 0 radical (unpaired) electrons. The number of benzene rings is 1. The van der Waals surface area contributed by atoms with E-state index >= 15 is 0 Å². The van der Waals surface area contributed by atoms with Crippen molar-refractivity contribution in [1.82, 2.24) is 0 Å². The largest absolute Gasteiger partial charge is 0.325 e. The number of hydrogen-bond acceptors (Lipinski definition) is 4. The predicted molar refractivity (Wildman–Crippen MR) is 71.1 cm³/mol. The number of amides is 1. The molecule has 1 aliphatic rings. The minimum Gasteiger partial charge on any atom is -0.325 e. The summed E-state index contributed by atoms with van der Waals surface area (Å²) in [4.78, 5) is 26.6. The predicted octanol–water partition coefficient (Wildman–Crippen LogP) is 2.64. The van der Waals surface area contributed by atoms with Gasteiger partial charge in [0.2, 0.25) is 5.91 Å². The fraction of sp³-hybridized carbons (Fsp3) is 0.385. The average Bonchev–Trinajstić information content (AvgIpc) is 2.71. The maximum Gasteiger partial charge on any atom is 0.237 e. The lowest BCUT2D eigenvalue weighted by Gasteiger charge is -2.10. The van der Waals surface area contributed by atoms with Crippen molar-refractivity contribution in [2.75, 3.05) is 12.4 Å². The second-order valence-corrected chi connectivity index (χ2v) is 4.42. The first-order chi connectivity index (χ1) is 8.58. The first-order valence-corrected chi connectivity index (χ1v) is 5.79. The zero-order chi connectivity index (χ0) is 13.3. The molecule has 1 N–H and O–H groups in total. The van der Waals surface area contributed by atoms with Gasteiger partial charge >= 0.3 is 0 Å². The van der Waals surface area contributed by atoms with Crippen LogP contribution in [-0.2, 0) is 4.79 Å². The smallest absolute Gasteiger partial charge is 0.237 e. The highest BCUT2D eigenvalue weighted by Crippen LogP contribution is 2.35. The second kappa shape index (κ2) is 4.68. The van der Waals surface area contributed by atoms with E-state index < -0.39 is 6.04 Å². The van der Waals surface area contributed by atoms with Gasteiger partial charge in [0.05, 0.1) is 0 Å². The van der Waals surface area contributed by atoms with Crippen LogP contribution in [0.3, 0.4) is 0 Å². The zero-order valence-corrected chi connectivity index (χ0v) is 10.6. The number of carbonyl (C=O) groups is 1. The molecular weight excluding hydrogens is 230 g/mol. The van der Waals surface area contributed by atoms with E-state index in [-0.39, 0.29) is 11.8 Å². The van der Waals surface area contributed by atoms with Gasteiger partial charge in [-0.25, -0.2) is 0 Å². The number of nitroso groups, excluding NO2 is 1. The van der Waals surface area contributed by atoms with Gasteiger partial charge in [-0.1, -0.05) is 17.3 Å². The van der Waals surface area contributed by atoms with Crippen LogP contribution >= 0.6 is 0 Å². The van der Waals surface area contributed by atoms with Gasteiger partial charge in [0.25, 0.3) is 0 Å². The minimum atomic E-state index is -0.412. The van der Waals surface area contributed by atoms with E-state index in [1.54, 1.807) is 14.0 Å². The van der Waals surface area contributed by atoms with Crippen LogP contribution in [0.1, 0.15) is 36.9 Å². The summed E-state index contributed by atoms with van der Waals surface area (Å²) in [5.41, 5.74) is 3.23. The van der Waals surface area contributed by atoms with Crippen molar-refractivity contribution in [3.8, 4) is 0 Å². The molecule has 0 aliphatic carbocycles. The van der Waals surface area contributed by atoms with Crippen LogP contribution in [0.15, 0.2) is 28.4 Å². The molecule has 1 heterocycles. The summed E-state index contributed by atoms with van der Waals surface area (Å²) in [5.74, 6) is -0.430. The van der Waals surface area contributed by atoms with E-state index in [1.165, 1.54) is 0 Å². The number of hydrogen-bond donors (Lipinski definition) is 1. The fourth-order valence-electron chi connectivity index (χ4n) is 2.14. The van der Waals surface area contributed by atoms with E-state index in [0.717, 1.165) is 22.5 Å². The molecule has 2 unspecified atom stereocenters. The van der Waals surface area contributed by atoms with Gasteiger partial charge < -0.3 is 5.32 Å². The summed E-state index contributed by atoms with van der Waals surface area (Å²) < 4.78 is 0. The van der Waals surface area contributed by atoms with Crippen molar-refractivity contribution >= 4 is 17.3 Å². The standard InChI is InChI=1S/C13H15N3O2/c1-7(16-18)9-4-5-11-10(6-9)12(8(2)14-3)13(17)15-11/h4-7,12H,1-3H3,(H,15,17). The number of carbonyl (C=O) groups excluding carboxylic acids is 1. The molecule has 0 saturated carbocycles. The van der Waals surface area contributed by atoms with Gasteiger partial charge in [-0.2, -0.15) is 4.91 Å². The van der Waals surface area contributed by atoms with Crippen molar-refractivity contribution in [2.45, 2.75) is 25.8 Å². The Bertz CT molecular complexity index is 537. The Labute approximate surface area is 105 Å². The first-order valence-electron chi connectivity index (χ1n) is 5.79. The molecule has 2 rings (SSSR count). The van der Waals surface area contributed by atoms with Crippen molar-refractivity contribution in [1.29, 1.82) is 0 Å². The molecule has 5 heteroatoms. The summed E-state index contributed by atoms with van der Waals surface area (Å²) in [6.07, 6.45) is 0. The van der Waals surface area contributed by atoms with E-state index in [2.05, 4.69) is 15.5 Å². The van der Waals surface area contributed by atoms with Crippen molar-refractivity contribution < 1.29 is 4.79 Å². The fourth-order valence-corrected chi connectivity index (χ4v) is 2.14. The number of nitrogens with one attached hydrogen (secondary N) is 1. The Morgan fingerprint density at radius 1 is 1.44 bits per heavy atom. The summed E-state index contributed by atoms with van der Waals surface area (Å²) in [5, 5.41) is 5.83. The Kier molecular flexibility index (Phi) is 3.23. The summed E-state index contributed by atoms with van der Waals surface area (Å²) >= 11 is 0. The van der Waals surface area contributed by atoms with Crippen LogP contribution in [0.4, 0.5) is 5.69 Å². The third-order valence-electron chi connectivity index (χ3n) is 3.32. The van der Waals surface area contributed by atoms with Crippen LogP contribution in [0, 0.1) is 4.91 Å². The molecule has 0 fully saturated rings. The van der Waals surface area contributed by atoms with E-state index in [1.807, 2.05) is 25.1 Å². The third kappa shape index (κ3) is 1.92. The minimum absolute atomic E-state index is 0.0723. The molecule has 1 amide bonds. The molecule has 94 valence electrons. The number of nitrogens with zero attached hydrogens (tertiary/aromatic N) is 2. The lowest BCUT2D eigenvalue weighted by atomic mass is 9.93. The molecular formula is C13H15N3O2. The number of fused-ring (bicyclic) bond motifs is 1. The molecule has 0 spiro atoms. The van der Waals surface area contributed by atoms with Crippen molar-refractivity contribution in [3.63, 3.8) is 0 Å². The maximum absolute atomic E-state index is 11.9. The van der Waals surface area contributed by atoms with Crippen LogP contribution in [0.2, 0.25) is 0 Å². The normalized spacial score (nSPS) is 20.3. The van der Waals surface area contributed by atoms with Crippen molar-refractivity contribution in [3.05, 3.63) is 34.2 Å². The van der Waals surface area contributed by atoms with Crippen LogP contribution in [0.25, 0.3) is 0 Å². The van der Waals surface area contributed by atoms with Gasteiger partial charge in [0.15, 0.2) is 0 Å². The Hall–Kier alpha value is -2.04. The molecule has 0 saturated heterocycles. The van der Waals surface area contributed by atoms with Gasteiger partial charge in [-0.3, -0.25) is 9.79 Å². The zero-order valence-electron chi connectivity index (χ0n) is 10.6. The maximum atomic E-state index is 11.9. The highest BCUT2D eigenvalue weighted by atomic mass is 16.3. The van der Waals surface area contributed by atoms with Crippen LogP contribution < -0.4 is 5.32 Å². The highest BCUT2D eigenvalue weighted by molar-refractivity contribution is 6.17. The number of anilines is 1. The molecule has 1 aliphatic heterocycles. The van der Waals surface area contributed by atoms with Crippen LogP contribution in [0.5, 0.6) is 0 Å². The summed E-state index contributed by atoms with van der Waals surface area (Å²) in [6.45, 7) is 3.56. The number of aliphatic imine (C=N–C) groups is 1. The van der Waals surface area contributed by atoms with Gasteiger partial charge in [0, 0.05) is 18.4 Å². The Balaban J connectivity index is 2.49. The second-order valence-electron chi connectivity index (χ2n) is 4.42. The lowest BCUT2D eigenvalue weighted by molar-refractivity contribution is -0.115. The summed E-state index contributed by atoms with van der Waals surface area (Å²) in [7, 11) is 1.67. The molecule has 1 aromatic carbocycles. The van der Waals surface area contributed by atoms with Crippen LogP contribution in [-0.4, -0.2) is 18.7 Å². The SMILES string of the molecule is CN=C(C)C1C(=O)Nc2ccc(C(C)N=O)cc21.